The maximum Gasteiger partial charge on any atom is 0.274 e. The Balaban J connectivity index is 2.06. The highest BCUT2D eigenvalue weighted by atomic mass is 16.2. The smallest absolute Gasteiger partial charge is 0.274 e. The summed E-state index contributed by atoms with van der Waals surface area (Å²) in [4.78, 5) is 13.6. The summed E-state index contributed by atoms with van der Waals surface area (Å²) in [5.74, 6) is 0.675. The zero-order valence-electron chi connectivity index (χ0n) is 7.66. The van der Waals surface area contributed by atoms with Crippen molar-refractivity contribution in [1.29, 1.82) is 0 Å². The molecule has 2 rings (SSSR count). The molecule has 0 saturated carbocycles. The minimum absolute atomic E-state index is 0.0469. The number of aromatic amines is 1. The molecule has 13 heavy (non-hydrogen) atoms. The van der Waals surface area contributed by atoms with Crippen LogP contribution in [-0.2, 0) is 0 Å². The second-order valence-corrected chi connectivity index (χ2v) is 3.60. The van der Waals surface area contributed by atoms with Crippen molar-refractivity contribution in [2.45, 2.75) is 13.3 Å². The Hall–Kier alpha value is -1.32. The largest absolute Gasteiger partial charge is 0.337 e. The van der Waals surface area contributed by atoms with E-state index in [4.69, 9.17) is 0 Å². The van der Waals surface area contributed by atoms with Gasteiger partial charge in [-0.05, 0) is 18.4 Å². The Labute approximate surface area is 76.9 Å². The van der Waals surface area contributed by atoms with Crippen molar-refractivity contribution in [2.75, 3.05) is 13.1 Å². The van der Waals surface area contributed by atoms with Crippen LogP contribution in [0.3, 0.4) is 0 Å². The van der Waals surface area contributed by atoms with E-state index in [0.29, 0.717) is 11.6 Å². The minimum Gasteiger partial charge on any atom is -0.337 e. The molecule has 0 aliphatic carbocycles. The average Bonchev–Trinajstić information content (AvgIpc) is 2.72. The number of amides is 1. The lowest BCUT2D eigenvalue weighted by molar-refractivity contribution is 0.0782. The molecule has 1 N–H and O–H groups in total. The molecule has 0 unspecified atom stereocenters. The van der Waals surface area contributed by atoms with Gasteiger partial charge >= 0.3 is 0 Å². The second-order valence-electron chi connectivity index (χ2n) is 3.60. The highest BCUT2D eigenvalue weighted by molar-refractivity contribution is 5.92. The molecule has 1 aromatic heterocycles. The van der Waals surface area contributed by atoms with Crippen LogP contribution in [0, 0.1) is 5.92 Å². The van der Waals surface area contributed by atoms with Gasteiger partial charge in [0.25, 0.3) is 5.91 Å². The summed E-state index contributed by atoms with van der Waals surface area (Å²) in [5, 5.41) is 6.52. The Morgan fingerprint density at radius 3 is 3.15 bits per heavy atom. The fourth-order valence-corrected chi connectivity index (χ4v) is 1.66. The fraction of sp³-hybridized carbons (Fsp3) is 0.556. The molecule has 4 heteroatoms. The van der Waals surface area contributed by atoms with Gasteiger partial charge in [0.05, 0.1) is 0 Å². The summed E-state index contributed by atoms with van der Waals surface area (Å²) in [7, 11) is 0. The van der Waals surface area contributed by atoms with Crippen LogP contribution in [0.15, 0.2) is 12.3 Å². The SMILES string of the molecule is C[C@@H]1CCN(C(=O)c2cc[nH]n2)C1. The molecular weight excluding hydrogens is 166 g/mol. The summed E-state index contributed by atoms with van der Waals surface area (Å²) in [5.41, 5.74) is 0.522. The first-order valence-electron chi connectivity index (χ1n) is 4.56. The molecule has 0 bridgehead atoms. The maximum absolute atomic E-state index is 11.7. The van der Waals surface area contributed by atoms with Gasteiger partial charge in [-0.15, -0.1) is 0 Å². The molecule has 70 valence electrons. The molecule has 1 aliphatic heterocycles. The number of hydrogen-bond donors (Lipinski definition) is 1. The number of nitrogens with one attached hydrogen (secondary N) is 1. The fourth-order valence-electron chi connectivity index (χ4n) is 1.66. The first-order valence-corrected chi connectivity index (χ1v) is 4.56. The number of carbonyl (C=O) groups is 1. The maximum atomic E-state index is 11.7. The molecule has 1 atom stereocenters. The van der Waals surface area contributed by atoms with Crippen molar-refractivity contribution in [2.24, 2.45) is 5.92 Å². The molecule has 4 nitrogen and oxygen atoms in total. The van der Waals surface area contributed by atoms with Gasteiger partial charge in [0.1, 0.15) is 5.69 Å². The van der Waals surface area contributed by atoms with Crippen LogP contribution in [0.5, 0.6) is 0 Å². The minimum atomic E-state index is 0.0469. The molecule has 0 radical (unpaired) electrons. The molecule has 1 amide bonds. The molecule has 1 fully saturated rings. The van der Waals surface area contributed by atoms with Crippen molar-refractivity contribution < 1.29 is 4.79 Å². The van der Waals surface area contributed by atoms with Crippen LogP contribution >= 0.6 is 0 Å². The van der Waals surface area contributed by atoms with Crippen LogP contribution in [0.25, 0.3) is 0 Å². The average molecular weight is 179 g/mol. The van der Waals surface area contributed by atoms with E-state index in [2.05, 4.69) is 17.1 Å². The Bertz CT molecular complexity index is 294. The normalized spacial score (nSPS) is 22.2. The Morgan fingerprint density at radius 2 is 2.62 bits per heavy atom. The third-order valence-electron chi connectivity index (χ3n) is 2.43. The van der Waals surface area contributed by atoms with E-state index in [9.17, 15) is 4.79 Å². The van der Waals surface area contributed by atoms with E-state index in [-0.39, 0.29) is 5.91 Å². The molecule has 1 aromatic rings. The van der Waals surface area contributed by atoms with E-state index >= 15 is 0 Å². The van der Waals surface area contributed by atoms with Crippen molar-refractivity contribution >= 4 is 5.91 Å². The van der Waals surface area contributed by atoms with Gasteiger partial charge in [-0.2, -0.15) is 5.10 Å². The number of carbonyl (C=O) groups excluding carboxylic acids is 1. The van der Waals surface area contributed by atoms with Crippen molar-refractivity contribution in [3.05, 3.63) is 18.0 Å². The first kappa shape index (κ1) is 8.29. The quantitative estimate of drug-likeness (QED) is 0.696. The van der Waals surface area contributed by atoms with Crippen molar-refractivity contribution in [3.8, 4) is 0 Å². The van der Waals surface area contributed by atoms with E-state index in [1.807, 2.05) is 4.90 Å². The van der Waals surface area contributed by atoms with Gasteiger partial charge in [0.2, 0.25) is 0 Å². The summed E-state index contributed by atoms with van der Waals surface area (Å²) in [6.45, 7) is 3.90. The second kappa shape index (κ2) is 3.20. The van der Waals surface area contributed by atoms with E-state index in [1.165, 1.54) is 0 Å². The lowest BCUT2D eigenvalue weighted by Crippen LogP contribution is -2.28. The van der Waals surface area contributed by atoms with Crippen LogP contribution in [0.4, 0.5) is 0 Å². The van der Waals surface area contributed by atoms with Gasteiger partial charge in [-0.1, -0.05) is 6.92 Å². The zero-order chi connectivity index (χ0) is 9.26. The first-order chi connectivity index (χ1) is 6.27. The number of rotatable bonds is 1. The third kappa shape index (κ3) is 1.56. The van der Waals surface area contributed by atoms with Crippen LogP contribution in [-0.4, -0.2) is 34.1 Å². The van der Waals surface area contributed by atoms with Crippen molar-refractivity contribution in [1.82, 2.24) is 15.1 Å². The van der Waals surface area contributed by atoms with Gasteiger partial charge in [0, 0.05) is 19.3 Å². The predicted octanol–water partition coefficient (Wildman–Crippen LogP) is 0.892. The topological polar surface area (TPSA) is 49.0 Å². The zero-order valence-corrected chi connectivity index (χ0v) is 7.66. The lowest BCUT2D eigenvalue weighted by atomic mass is 10.2. The highest BCUT2D eigenvalue weighted by Gasteiger charge is 2.24. The number of hydrogen-bond acceptors (Lipinski definition) is 2. The van der Waals surface area contributed by atoms with Gasteiger partial charge in [-0.25, -0.2) is 0 Å². The number of nitrogens with zero attached hydrogens (tertiary/aromatic N) is 2. The molecule has 1 saturated heterocycles. The van der Waals surface area contributed by atoms with Gasteiger partial charge in [-0.3, -0.25) is 9.89 Å². The standard InChI is InChI=1S/C9H13N3O/c1-7-3-5-12(6-7)9(13)8-2-4-10-11-8/h2,4,7H,3,5-6H2,1H3,(H,10,11)/t7-/m1/s1. The van der Waals surface area contributed by atoms with Crippen LogP contribution in [0.2, 0.25) is 0 Å². The van der Waals surface area contributed by atoms with Crippen molar-refractivity contribution in [3.63, 3.8) is 0 Å². The summed E-state index contributed by atoms with van der Waals surface area (Å²) < 4.78 is 0. The molecule has 1 aliphatic rings. The predicted molar refractivity (Wildman–Crippen MR) is 48.3 cm³/mol. The molecular formula is C9H13N3O. The molecule has 0 spiro atoms. The summed E-state index contributed by atoms with van der Waals surface area (Å²) >= 11 is 0. The summed E-state index contributed by atoms with van der Waals surface area (Å²) in [6.07, 6.45) is 2.78. The van der Waals surface area contributed by atoms with Gasteiger partial charge in [0.15, 0.2) is 0 Å². The Kier molecular flexibility index (Phi) is 2.04. The van der Waals surface area contributed by atoms with E-state index in [0.717, 1.165) is 19.5 Å². The number of likely N-dealkylation sites (tertiary alicyclic amines) is 1. The van der Waals surface area contributed by atoms with Gasteiger partial charge < -0.3 is 4.90 Å². The third-order valence-corrected chi connectivity index (χ3v) is 2.43. The lowest BCUT2D eigenvalue weighted by Gasteiger charge is -2.13. The van der Waals surface area contributed by atoms with Crippen LogP contribution in [0.1, 0.15) is 23.8 Å². The highest BCUT2D eigenvalue weighted by Crippen LogP contribution is 2.16. The Morgan fingerprint density at radius 1 is 1.77 bits per heavy atom. The van der Waals surface area contributed by atoms with E-state index < -0.39 is 0 Å². The monoisotopic (exact) mass is 179 g/mol. The number of H-pyrrole nitrogens is 1. The molecule has 0 aromatic carbocycles. The molecule has 2 heterocycles. The van der Waals surface area contributed by atoms with Crippen LogP contribution < -0.4 is 0 Å². The number of aromatic nitrogens is 2. The van der Waals surface area contributed by atoms with E-state index in [1.54, 1.807) is 12.3 Å². The summed E-state index contributed by atoms with van der Waals surface area (Å²) in [6, 6.07) is 1.71.